The summed E-state index contributed by atoms with van der Waals surface area (Å²) in [4.78, 5) is 44.8. The summed E-state index contributed by atoms with van der Waals surface area (Å²) in [7, 11) is 1.52. The van der Waals surface area contributed by atoms with E-state index in [0.717, 1.165) is 31.0 Å². The number of nitrogens with zero attached hydrogens (tertiary/aromatic N) is 3. The van der Waals surface area contributed by atoms with Crippen molar-refractivity contribution in [3.05, 3.63) is 47.5 Å². The van der Waals surface area contributed by atoms with Crippen LogP contribution in [0.15, 0.2) is 24.5 Å². The molecule has 1 aliphatic carbocycles. The zero-order chi connectivity index (χ0) is 23.0. The van der Waals surface area contributed by atoms with Crippen LogP contribution < -0.4 is 10.6 Å². The van der Waals surface area contributed by atoms with Gasteiger partial charge in [0.25, 0.3) is 11.8 Å². The van der Waals surface area contributed by atoms with E-state index in [0.29, 0.717) is 13.2 Å². The molecular formula is C21H23F2N5O4. The number of carbonyl (C=O) groups excluding carboxylic acids is 3. The monoisotopic (exact) mass is 447 g/mol. The van der Waals surface area contributed by atoms with Crippen LogP contribution in [0.5, 0.6) is 0 Å². The van der Waals surface area contributed by atoms with Crippen molar-refractivity contribution >= 4 is 23.4 Å². The molecule has 2 aliphatic rings. The van der Waals surface area contributed by atoms with E-state index >= 15 is 0 Å². The Morgan fingerprint density at radius 3 is 2.75 bits per heavy atom. The van der Waals surface area contributed by atoms with Gasteiger partial charge in [0.2, 0.25) is 5.91 Å². The second kappa shape index (κ2) is 8.30. The molecule has 0 radical (unpaired) electrons. The van der Waals surface area contributed by atoms with Gasteiger partial charge in [0.1, 0.15) is 22.9 Å². The van der Waals surface area contributed by atoms with E-state index in [1.165, 1.54) is 22.9 Å². The Bertz CT molecular complexity index is 1080. The first-order valence-corrected chi connectivity index (χ1v) is 10.2. The van der Waals surface area contributed by atoms with Crippen molar-refractivity contribution in [1.82, 2.24) is 19.8 Å². The topological polar surface area (TPSA) is 106 Å². The Labute approximate surface area is 182 Å². The molecule has 1 aromatic heterocycles. The number of rotatable bonds is 7. The molecule has 170 valence electrons. The lowest BCUT2D eigenvalue weighted by Gasteiger charge is -2.44. The number of imidazole rings is 1. The Kier molecular flexibility index (Phi) is 5.68. The molecule has 0 saturated heterocycles. The molecular weight excluding hydrogens is 424 g/mol. The summed E-state index contributed by atoms with van der Waals surface area (Å²) in [6, 6.07) is 2.54. The minimum absolute atomic E-state index is 0.00776. The first-order chi connectivity index (χ1) is 15.3. The van der Waals surface area contributed by atoms with Crippen molar-refractivity contribution in [1.29, 1.82) is 0 Å². The molecule has 3 amide bonds. The minimum Gasteiger partial charge on any atom is -0.383 e. The number of hydrogen-bond acceptors (Lipinski definition) is 5. The van der Waals surface area contributed by atoms with Crippen molar-refractivity contribution in [2.75, 3.05) is 25.6 Å². The van der Waals surface area contributed by atoms with E-state index in [2.05, 4.69) is 15.6 Å². The van der Waals surface area contributed by atoms with Gasteiger partial charge < -0.3 is 24.8 Å². The van der Waals surface area contributed by atoms with Crippen LogP contribution >= 0.6 is 0 Å². The Hall–Kier alpha value is -3.34. The largest absolute Gasteiger partial charge is 0.383 e. The molecule has 32 heavy (non-hydrogen) atoms. The average molecular weight is 447 g/mol. The van der Waals surface area contributed by atoms with Crippen molar-refractivity contribution in [2.45, 2.75) is 37.9 Å². The molecule has 4 rings (SSSR count). The van der Waals surface area contributed by atoms with Crippen LogP contribution in [0.2, 0.25) is 0 Å². The highest BCUT2D eigenvalue weighted by molar-refractivity contribution is 6.11. The number of fused-ring (bicyclic) bond motifs is 1. The van der Waals surface area contributed by atoms with Gasteiger partial charge in [-0.2, -0.15) is 0 Å². The van der Waals surface area contributed by atoms with Gasteiger partial charge in [-0.05, 0) is 31.9 Å². The summed E-state index contributed by atoms with van der Waals surface area (Å²) in [5.41, 5.74) is -1.75. The summed E-state index contributed by atoms with van der Waals surface area (Å²) < 4.78 is 33.8. The zero-order valence-electron chi connectivity index (χ0n) is 17.7. The van der Waals surface area contributed by atoms with Crippen molar-refractivity contribution in [3.8, 4) is 0 Å². The third kappa shape index (κ3) is 3.83. The normalized spacial score (nSPS) is 20.1. The van der Waals surface area contributed by atoms with Crippen LogP contribution in [0, 0.1) is 11.6 Å². The molecule has 1 aromatic carbocycles. The van der Waals surface area contributed by atoms with Crippen molar-refractivity contribution in [2.24, 2.45) is 0 Å². The second-order valence-electron chi connectivity index (χ2n) is 8.08. The lowest BCUT2D eigenvalue weighted by atomic mass is 9.94. The number of carbonyl (C=O) groups is 3. The van der Waals surface area contributed by atoms with E-state index in [4.69, 9.17) is 4.74 Å². The van der Waals surface area contributed by atoms with Gasteiger partial charge in [0, 0.05) is 25.8 Å². The number of amides is 3. The fourth-order valence-electron chi connectivity index (χ4n) is 3.95. The predicted octanol–water partition coefficient (Wildman–Crippen LogP) is 1.55. The van der Waals surface area contributed by atoms with Crippen LogP contribution in [-0.4, -0.2) is 64.0 Å². The van der Waals surface area contributed by atoms with Gasteiger partial charge in [0.05, 0.1) is 25.2 Å². The molecule has 2 heterocycles. The fraction of sp³-hybridized carbons (Fsp3) is 0.429. The molecule has 2 N–H and O–H groups in total. The van der Waals surface area contributed by atoms with Crippen LogP contribution in [0.3, 0.4) is 0 Å². The van der Waals surface area contributed by atoms with Gasteiger partial charge in [-0.15, -0.1) is 0 Å². The predicted molar refractivity (Wildman–Crippen MR) is 109 cm³/mol. The SMILES string of the molecule is COCCNC(=O)[C@@]1(C)Cn2cnc(C(=O)Nc3cc(F)ccc3F)c2C(=O)N1C1CC1. The van der Waals surface area contributed by atoms with E-state index in [1.54, 1.807) is 6.92 Å². The molecule has 2 aromatic rings. The second-order valence-corrected chi connectivity index (χ2v) is 8.08. The Morgan fingerprint density at radius 2 is 2.06 bits per heavy atom. The lowest BCUT2D eigenvalue weighted by Crippen LogP contribution is -2.65. The van der Waals surface area contributed by atoms with E-state index in [1.807, 2.05) is 0 Å². The van der Waals surface area contributed by atoms with Crippen LogP contribution in [-0.2, 0) is 16.1 Å². The summed E-state index contributed by atoms with van der Waals surface area (Å²) in [6.45, 7) is 2.39. The minimum atomic E-state index is -1.18. The van der Waals surface area contributed by atoms with Crippen molar-refractivity contribution in [3.63, 3.8) is 0 Å². The Balaban J connectivity index is 1.64. The third-order valence-electron chi connectivity index (χ3n) is 5.65. The number of hydrogen-bond donors (Lipinski definition) is 2. The molecule has 1 fully saturated rings. The summed E-state index contributed by atoms with van der Waals surface area (Å²) in [5.74, 6) is -3.23. The smallest absolute Gasteiger partial charge is 0.276 e. The molecule has 0 unspecified atom stereocenters. The first-order valence-electron chi connectivity index (χ1n) is 10.2. The number of benzene rings is 1. The molecule has 1 atom stereocenters. The number of ether oxygens (including phenoxy) is 1. The highest BCUT2D eigenvalue weighted by Crippen LogP contribution is 2.38. The highest BCUT2D eigenvalue weighted by atomic mass is 19.1. The van der Waals surface area contributed by atoms with Crippen LogP contribution in [0.1, 0.15) is 40.7 Å². The molecule has 0 spiro atoms. The summed E-state index contributed by atoms with van der Waals surface area (Å²) >= 11 is 0. The zero-order valence-corrected chi connectivity index (χ0v) is 17.7. The number of anilines is 1. The van der Waals surface area contributed by atoms with Crippen molar-refractivity contribution < 1.29 is 27.9 Å². The van der Waals surface area contributed by atoms with Gasteiger partial charge >= 0.3 is 0 Å². The van der Waals surface area contributed by atoms with E-state index in [-0.39, 0.29) is 35.6 Å². The van der Waals surface area contributed by atoms with E-state index < -0.39 is 29.0 Å². The third-order valence-corrected chi connectivity index (χ3v) is 5.65. The molecule has 1 aliphatic heterocycles. The fourth-order valence-corrected chi connectivity index (χ4v) is 3.95. The van der Waals surface area contributed by atoms with Gasteiger partial charge in [-0.3, -0.25) is 14.4 Å². The van der Waals surface area contributed by atoms with Gasteiger partial charge in [-0.1, -0.05) is 0 Å². The highest BCUT2D eigenvalue weighted by Gasteiger charge is 2.53. The Morgan fingerprint density at radius 1 is 1.31 bits per heavy atom. The van der Waals surface area contributed by atoms with Gasteiger partial charge in [-0.25, -0.2) is 13.8 Å². The number of aromatic nitrogens is 2. The molecule has 1 saturated carbocycles. The van der Waals surface area contributed by atoms with Gasteiger partial charge in [0.15, 0.2) is 5.69 Å². The maximum atomic E-state index is 13.9. The molecule has 11 heteroatoms. The summed E-state index contributed by atoms with van der Waals surface area (Å²) in [6.07, 6.45) is 2.79. The molecule has 9 nitrogen and oxygen atoms in total. The standard InChI is InChI=1S/C21H23F2N5O4/c1-21(20(31)24-7-8-32-2)10-27-11-25-16(17(27)19(30)28(21)13-4-5-13)18(29)26-15-9-12(22)3-6-14(15)23/h3,6,9,11,13H,4-5,7-8,10H2,1-2H3,(H,24,31)(H,26,29)/t21-/m1/s1. The maximum absolute atomic E-state index is 13.9. The lowest BCUT2D eigenvalue weighted by molar-refractivity contribution is -0.133. The number of halogens is 2. The first kappa shape index (κ1) is 21.9. The molecule has 0 bridgehead atoms. The van der Waals surface area contributed by atoms with Crippen LogP contribution in [0.25, 0.3) is 0 Å². The van der Waals surface area contributed by atoms with E-state index in [9.17, 15) is 23.2 Å². The van der Waals surface area contributed by atoms with Crippen LogP contribution in [0.4, 0.5) is 14.5 Å². The number of methoxy groups -OCH3 is 1. The average Bonchev–Trinajstić information content (AvgIpc) is 3.48. The maximum Gasteiger partial charge on any atom is 0.276 e. The quantitative estimate of drug-likeness (QED) is 0.627. The summed E-state index contributed by atoms with van der Waals surface area (Å²) in [5, 5.41) is 5.05. The number of nitrogens with one attached hydrogen (secondary N) is 2.